The summed E-state index contributed by atoms with van der Waals surface area (Å²) in [6.07, 6.45) is 6.47. The molecule has 3 rings (SSSR count). The molecule has 0 radical (unpaired) electrons. The summed E-state index contributed by atoms with van der Waals surface area (Å²) in [6.45, 7) is 0. The van der Waals surface area contributed by atoms with Gasteiger partial charge < -0.3 is 16.4 Å². The number of carbonyl (C=O) groups is 2. The molecule has 1 aliphatic rings. The van der Waals surface area contributed by atoms with Gasteiger partial charge in [0.1, 0.15) is 5.69 Å². The van der Waals surface area contributed by atoms with Crippen LogP contribution < -0.4 is 16.4 Å². The fourth-order valence-corrected chi connectivity index (χ4v) is 3.44. The number of rotatable bonds is 4. The number of amides is 2. The van der Waals surface area contributed by atoms with Crippen molar-refractivity contribution in [1.82, 2.24) is 9.97 Å². The van der Waals surface area contributed by atoms with Crippen molar-refractivity contribution in [2.24, 2.45) is 11.7 Å². The van der Waals surface area contributed by atoms with Crippen molar-refractivity contribution < 1.29 is 9.59 Å². The normalized spacial score (nSPS) is 19.2. The van der Waals surface area contributed by atoms with Crippen molar-refractivity contribution in [2.75, 3.05) is 10.6 Å². The van der Waals surface area contributed by atoms with Crippen LogP contribution in [0.5, 0.6) is 0 Å². The lowest BCUT2D eigenvalue weighted by atomic mass is 10.1. The monoisotopic (exact) mass is 393 g/mol. The Morgan fingerprint density at radius 2 is 1.85 bits per heavy atom. The molecule has 2 atom stereocenters. The Kier molecular flexibility index (Phi) is 5.70. The second kappa shape index (κ2) is 7.99. The summed E-state index contributed by atoms with van der Waals surface area (Å²) >= 11 is 12.5. The number of nitrogens with one attached hydrogen (secondary N) is 2. The van der Waals surface area contributed by atoms with Crippen LogP contribution >= 0.6 is 23.2 Å². The SMILES string of the molecule is NC1CCC(C(=O)Nc2cc(Cl)c(NC(=O)c3cnccn3)c(Cl)c2)C1. The molecule has 26 heavy (non-hydrogen) atoms. The van der Waals surface area contributed by atoms with E-state index >= 15 is 0 Å². The van der Waals surface area contributed by atoms with Gasteiger partial charge in [-0.1, -0.05) is 23.2 Å². The van der Waals surface area contributed by atoms with Gasteiger partial charge in [0, 0.05) is 30.0 Å². The topological polar surface area (TPSA) is 110 Å². The summed E-state index contributed by atoms with van der Waals surface area (Å²) in [5.41, 5.74) is 6.68. The van der Waals surface area contributed by atoms with Crippen LogP contribution in [0.3, 0.4) is 0 Å². The third-order valence-corrected chi connectivity index (χ3v) is 4.78. The molecule has 0 aliphatic heterocycles. The average molecular weight is 394 g/mol. The van der Waals surface area contributed by atoms with Crippen molar-refractivity contribution in [3.05, 3.63) is 46.5 Å². The zero-order chi connectivity index (χ0) is 18.7. The fraction of sp³-hybridized carbons (Fsp3) is 0.294. The van der Waals surface area contributed by atoms with Crippen molar-refractivity contribution in [1.29, 1.82) is 0 Å². The highest BCUT2D eigenvalue weighted by Gasteiger charge is 2.28. The molecule has 2 unspecified atom stereocenters. The first kappa shape index (κ1) is 18.6. The van der Waals surface area contributed by atoms with E-state index in [-0.39, 0.29) is 39.3 Å². The summed E-state index contributed by atoms with van der Waals surface area (Å²) in [5.74, 6) is -0.710. The van der Waals surface area contributed by atoms with Crippen LogP contribution in [0.2, 0.25) is 10.0 Å². The van der Waals surface area contributed by atoms with Crippen molar-refractivity contribution in [3.8, 4) is 0 Å². The summed E-state index contributed by atoms with van der Waals surface area (Å²) in [5, 5.41) is 5.81. The highest BCUT2D eigenvalue weighted by atomic mass is 35.5. The predicted octanol–water partition coefficient (Wildman–Crippen LogP) is 3.10. The van der Waals surface area contributed by atoms with E-state index in [4.69, 9.17) is 28.9 Å². The van der Waals surface area contributed by atoms with E-state index in [1.54, 1.807) is 0 Å². The van der Waals surface area contributed by atoms with Crippen LogP contribution in [-0.2, 0) is 4.79 Å². The largest absolute Gasteiger partial charge is 0.328 e. The van der Waals surface area contributed by atoms with Crippen molar-refractivity contribution >= 4 is 46.4 Å². The van der Waals surface area contributed by atoms with Gasteiger partial charge in [0.25, 0.3) is 5.91 Å². The first-order valence-electron chi connectivity index (χ1n) is 8.07. The molecule has 1 aromatic carbocycles. The molecule has 0 saturated heterocycles. The van der Waals surface area contributed by atoms with Gasteiger partial charge in [0.05, 0.1) is 21.9 Å². The zero-order valence-corrected chi connectivity index (χ0v) is 15.2. The minimum absolute atomic E-state index is 0.0663. The maximum atomic E-state index is 12.3. The van der Waals surface area contributed by atoms with Gasteiger partial charge in [0.15, 0.2) is 0 Å². The van der Waals surface area contributed by atoms with E-state index in [9.17, 15) is 9.59 Å². The van der Waals surface area contributed by atoms with Crippen LogP contribution in [0.25, 0.3) is 0 Å². The number of anilines is 2. The van der Waals surface area contributed by atoms with Crippen molar-refractivity contribution in [3.63, 3.8) is 0 Å². The minimum atomic E-state index is -0.487. The molecule has 0 spiro atoms. The predicted molar refractivity (Wildman–Crippen MR) is 100 cm³/mol. The maximum absolute atomic E-state index is 12.3. The lowest BCUT2D eigenvalue weighted by molar-refractivity contribution is -0.119. The molecule has 1 aromatic heterocycles. The Bertz CT molecular complexity index is 808. The van der Waals surface area contributed by atoms with Crippen LogP contribution in [0.4, 0.5) is 11.4 Å². The molecule has 1 aliphatic carbocycles. The van der Waals surface area contributed by atoms with Gasteiger partial charge >= 0.3 is 0 Å². The van der Waals surface area contributed by atoms with Gasteiger partial charge in [-0.2, -0.15) is 0 Å². The molecule has 4 N–H and O–H groups in total. The molecular formula is C17H17Cl2N5O2. The Balaban J connectivity index is 1.72. The van der Waals surface area contributed by atoms with Gasteiger partial charge in [-0.3, -0.25) is 14.6 Å². The maximum Gasteiger partial charge on any atom is 0.275 e. The van der Waals surface area contributed by atoms with E-state index in [0.717, 1.165) is 12.8 Å². The number of carbonyl (C=O) groups excluding carboxylic acids is 2. The number of halogens is 2. The highest BCUT2D eigenvalue weighted by molar-refractivity contribution is 6.40. The molecule has 2 amide bonds. The molecule has 136 valence electrons. The Morgan fingerprint density at radius 3 is 2.42 bits per heavy atom. The quantitative estimate of drug-likeness (QED) is 0.738. The molecule has 9 heteroatoms. The summed E-state index contributed by atoms with van der Waals surface area (Å²) in [6, 6.07) is 3.13. The molecule has 2 aromatic rings. The Morgan fingerprint density at radius 1 is 1.12 bits per heavy atom. The number of nitrogens with zero attached hydrogens (tertiary/aromatic N) is 2. The molecule has 1 heterocycles. The lowest BCUT2D eigenvalue weighted by Crippen LogP contribution is -2.23. The molecule has 0 bridgehead atoms. The fourth-order valence-electron chi connectivity index (χ4n) is 2.86. The number of nitrogens with two attached hydrogens (primary N) is 1. The number of aromatic nitrogens is 2. The Labute approximate surface area is 160 Å². The average Bonchev–Trinajstić information content (AvgIpc) is 3.05. The summed E-state index contributed by atoms with van der Waals surface area (Å²) in [7, 11) is 0. The minimum Gasteiger partial charge on any atom is -0.328 e. The van der Waals surface area contributed by atoms with Crippen LogP contribution in [0.1, 0.15) is 29.8 Å². The van der Waals surface area contributed by atoms with Crippen LogP contribution in [0.15, 0.2) is 30.7 Å². The van der Waals surface area contributed by atoms with Gasteiger partial charge in [-0.25, -0.2) is 4.98 Å². The van der Waals surface area contributed by atoms with Gasteiger partial charge in [0.2, 0.25) is 5.91 Å². The standard InChI is InChI=1S/C17H17Cl2N5O2/c18-12-6-11(23-16(25)9-1-2-10(20)5-9)7-13(19)15(12)24-17(26)14-8-21-3-4-22-14/h3-4,6-10H,1-2,5,20H2,(H,23,25)(H,24,26). The first-order chi connectivity index (χ1) is 12.4. The third-order valence-electron chi connectivity index (χ3n) is 4.19. The second-order valence-electron chi connectivity index (χ2n) is 6.12. The molecule has 1 saturated carbocycles. The van der Waals surface area contributed by atoms with E-state index in [1.165, 1.54) is 30.7 Å². The third kappa shape index (κ3) is 4.30. The molecule has 7 nitrogen and oxygen atoms in total. The van der Waals surface area contributed by atoms with Crippen LogP contribution in [0, 0.1) is 5.92 Å². The van der Waals surface area contributed by atoms with Gasteiger partial charge in [-0.15, -0.1) is 0 Å². The molecule has 1 fully saturated rings. The summed E-state index contributed by atoms with van der Waals surface area (Å²) < 4.78 is 0. The second-order valence-corrected chi connectivity index (χ2v) is 6.93. The van der Waals surface area contributed by atoms with Crippen LogP contribution in [-0.4, -0.2) is 27.8 Å². The van der Waals surface area contributed by atoms with E-state index < -0.39 is 5.91 Å². The Hall–Kier alpha value is -2.22. The zero-order valence-electron chi connectivity index (χ0n) is 13.7. The summed E-state index contributed by atoms with van der Waals surface area (Å²) in [4.78, 5) is 32.2. The van der Waals surface area contributed by atoms with E-state index in [2.05, 4.69) is 20.6 Å². The van der Waals surface area contributed by atoms with E-state index in [0.29, 0.717) is 12.1 Å². The van der Waals surface area contributed by atoms with Gasteiger partial charge in [-0.05, 0) is 31.4 Å². The highest BCUT2D eigenvalue weighted by Crippen LogP contribution is 2.35. The molecular weight excluding hydrogens is 377 g/mol. The van der Waals surface area contributed by atoms with E-state index in [1.807, 2.05) is 0 Å². The lowest BCUT2D eigenvalue weighted by Gasteiger charge is -2.14. The number of hydrogen-bond donors (Lipinski definition) is 3. The number of benzene rings is 1. The first-order valence-corrected chi connectivity index (χ1v) is 8.82. The van der Waals surface area contributed by atoms with Crippen molar-refractivity contribution in [2.45, 2.75) is 25.3 Å². The number of hydrogen-bond acceptors (Lipinski definition) is 5. The smallest absolute Gasteiger partial charge is 0.275 e.